The molecule has 0 bridgehead atoms. The highest BCUT2D eigenvalue weighted by molar-refractivity contribution is 6.10. The Morgan fingerprint density at radius 2 is 2.00 bits per heavy atom. The molecule has 5 nitrogen and oxygen atoms in total. The fraction of sp³-hybridized carbons (Fsp3) is 0.750. The van der Waals surface area contributed by atoms with E-state index in [1.165, 1.54) is 0 Å². The SMILES string of the molecule is [B]C(O)(O)n1cc(F)c(C2CCN(C(C)C)CC2)n1. The molecule has 19 heavy (non-hydrogen) atoms. The molecule has 7 heteroatoms. The first-order chi connectivity index (χ1) is 8.79. The van der Waals surface area contributed by atoms with Crippen LogP contribution in [-0.4, -0.2) is 51.9 Å². The Morgan fingerprint density at radius 3 is 2.42 bits per heavy atom. The molecule has 1 aliphatic heterocycles. The van der Waals surface area contributed by atoms with Crippen molar-refractivity contribution in [2.45, 2.75) is 44.5 Å². The third kappa shape index (κ3) is 3.16. The minimum Gasteiger partial charge on any atom is -0.356 e. The number of hydrogen-bond acceptors (Lipinski definition) is 4. The number of rotatable bonds is 3. The normalized spacial score (nSPS) is 19.3. The van der Waals surface area contributed by atoms with Gasteiger partial charge in [0.1, 0.15) is 5.69 Å². The number of piperidine rings is 1. The first kappa shape index (κ1) is 14.5. The maximum Gasteiger partial charge on any atom is 0.208 e. The van der Waals surface area contributed by atoms with E-state index >= 15 is 0 Å². The van der Waals surface area contributed by atoms with E-state index in [9.17, 15) is 14.6 Å². The van der Waals surface area contributed by atoms with Crippen LogP contribution in [-0.2, 0) is 5.81 Å². The molecular weight excluding hydrogens is 248 g/mol. The zero-order chi connectivity index (χ0) is 14.2. The van der Waals surface area contributed by atoms with Crippen molar-refractivity contribution in [2.75, 3.05) is 13.1 Å². The lowest BCUT2D eigenvalue weighted by Gasteiger charge is -2.34. The average Bonchev–Trinajstić information content (AvgIpc) is 2.71. The van der Waals surface area contributed by atoms with E-state index in [1.54, 1.807) is 0 Å². The number of likely N-dealkylation sites (tertiary alicyclic amines) is 1. The maximum absolute atomic E-state index is 13.8. The van der Waals surface area contributed by atoms with E-state index in [2.05, 4.69) is 23.8 Å². The van der Waals surface area contributed by atoms with Gasteiger partial charge in [-0.25, -0.2) is 9.07 Å². The lowest BCUT2D eigenvalue weighted by atomic mass is 9.93. The van der Waals surface area contributed by atoms with E-state index in [0.29, 0.717) is 10.7 Å². The van der Waals surface area contributed by atoms with Gasteiger partial charge in [-0.05, 0) is 39.8 Å². The van der Waals surface area contributed by atoms with Gasteiger partial charge in [-0.3, -0.25) is 0 Å². The van der Waals surface area contributed by atoms with Gasteiger partial charge in [0.2, 0.25) is 5.81 Å². The topological polar surface area (TPSA) is 61.5 Å². The molecule has 1 saturated heterocycles. The molecule has 2 radical (unpaired) electrons. The van der Waals surface area contributed by atoms with E-state index in [4.69, 9.17) is 7.85 Å². The minimum absolute atomic E-state index is 0.00130. The Labute approximate surface area is 113 Å². The second-order valence-electron chi connectivity index (χ2n) is 5.40. The fourth-order valence-corrected chi connectivity index (χ4v) is 2.50. The highest BCUT2D eigenvalue weighted by Gasteiger charge is 2.28. The number of hydrogen-bond donors (Lipinski definition) is 2. The summed E-state index contributed by atoms with van der Waals surface area (Å²) in [5.41, 5.74) is 0.265. The van der Waals surface area contributed by atoms with Crippen molar-refractivity contribution < 1.29 is 14.6 Å². The quantitative estimate of drug-likeness (QED) is 0.612. The van der Waals surface area contributed by atoms with Gasteiger partial charge in [0.25, 0.3) is 0 Å². The molecule has 0 aliphatic carbocycles. The summed E-state index contributed by atoms with van der Waals surface area (Å²) >= 11 is 0. The van der Waals surface area contributed by atoms with E-state index < -0.39 is 11.6 Å². The Hall–Kier alpha value is -0.915. The zero-order valence-corrected chi connectivity index (χ0v) is 11.3. The van der Waals surface area contributed by atoms with Gasteiger partial charge >= 0.3 is 0 Å². The van der Waals surface area contributed by atoms with E-state index in [1.807, 2.05) is 0 Å². The summed E-state index contributed by atoms with van der Waals surface area (Å²) in [5.74, 6) is -3.20. The molecule has 2 rings (SSSR count). The molecule has 1 aliphatic rings. The van der Waals surface area contributed by atoms with Crippen LogP contribution in [0.5, 0.6) is 0 Å². The molecule has 1 fully saturated rings. The molecule has 0 spiro atoms. The molecule has 2 heterocycles. The van der Waals surface area contributed by atoms with Crippen LogP contribution in [0.3, 0.4) is 0 Å². The highest BCUT2D eigenvalue weighted by Crippen LogP contribution is 2.29. The van der Waals surface area contributed by atoms with Crippen LogP contribution in [0, 0.1) is 5.82 Å². The number of halogens is 1. The van der Waals surface area contributed by atoms with Crippen LogP contribution in [0.15, 0.2) is 6.20 Å². The number of aliphatic hydroxyl groups is 2. The van der Waals surface area contributed by atoms with Crippen molar-refractivity contribution in [1.29, 1.82) is 0 Å². The molecule has 104 valence electrons. The second kappa shape index (κ2) is 5.23. The third-order valence-electron chi connectivity index (χ3n) is 3.68. The molecular formula is C12H19BFN3O2. The summed E-state index contributed by atoms with van der Waals surface area (Å²) in [5, 5.41) is 22.3. The van der Waals surface area contributed by atoms with Crippen LogP contribution in [0.4, 0.5) is 4.39 Å². The zero-order valence-electron chi connectivity index (χ0n) is 11.3. The van der Waals surface area contributed by atoms with Crippen molar-refractivity contribution in [2.24, 2.45) is 0 Å². The lowest BCUT2D eigenvalue weighted by molar-refractivity contribution is -0.160. The standard InChI is InChI=1S/C12H19BFN3O2/c1-8(2)16-5-3-9(4-6-16)11-10(14)7-17(15-11)12(13,18)19/h7-9,18-19H,3-6H2,1-2H3. The average molecular weight is 267 g/mol. The molecule has 0 saturated carbocycles. The minimum atomic E-state index is -2.66. The van der Waals surface area contributed by atoms with Gasteiger partial charge in [-0.2, -0.15) is 5.10 Å². The van der Waals surface area contributed by atoms with Gasteiger partial charge in [-0.15, -0.1) is 0 Å². The summed E-state index contributed by atoms with van der Waals surface area (Å²) in [6.07, 6.45) is 2.53. The summed E-state index contributed by atoms with van der Waals surface area (Å²) in [7, 11) is 5.07. The van der Waals surface area contributed by atoms with Crippen molar-refractivity contribution in [1.82, 2.24) is 14.7 Å². The third-order valence-corrected chi connectivity index (χ3v) is 3.68. The van der Waals surface area contributed by atoms with Crippen LogP contribution < -0.4 is 0 Å². The number of aromatic nitrogens is 2. The van der Waals surface area contributed by atoms with Crippen LogP contribution >= 0.6 is 0 Å². The summed E-state index contributed by atoms with van der Waals surface area (Å²) in [6, 6.07) is 0.481. The molecule has 1 aromatic heterocycles. The summed E-state index contributed by atoms with van der Waals surface area (Å²) in [4.78, 5) is 2.33. The van der Waals surface area contributed by atoms with Crippen molar-refractivity contribution in [3.63, 3.8) is 0 Å². The molecule has 0 atom stereocenters. The first-order valence-electron chi connectivity index (χ1n) is 6.52. The van der Waals surface area contributed by atoms with Crippen molar-refractivity contribution in [3.05, 3.63) is 17.7 Å². The molecule has 0 unspecified atom stereocenters. The summed E-state index contributed by atoms with van der Waals surface area (Å²) in [6.45, 7) is 6.05. The second-order valence-corrected chi connectivity index (χ2v) is 5.40. The largest absolute Gasteiger partial charge is 0.356 e. The smallest absolute Gasteiger partial charge is 0.208 e. The number of nitrogens with zero attached hydrogens (tertiary/aromatic N) is 3. The van der Waals surface area contributed by atoms with Crippen molar-refractivity contribution in [3.8, 4) is 0 Å². The molecule has 0 amide bonds. The Kier molecular flexibility index (Phi) is 3.99. The Morgan fingerprint density at radius 1 is 1.42 bits per heavy atom. The van der Waals surface area contributed by atoms with Gasteiger partial charge in [0.15, 0.2) is 13.7 Å². The monoisotopic (exact) mass is 267 g/mol. The van der Waals surface area contributed by atoms with Crippen molar-refractivity contribution >= 4 is 7.85 Å². The Balaban J connectivity index is 2.10. The van der Waals surface area contributed by atoms with E-state index in [-0.39, 0.29) is 11.6 Å². The fourth-order valence-electron chi connectivity index (χ4n) is 2.50. The highest BCUT2D eigenvalue weighted by atomic mass is 19.1. The predicted molar refractivity (Wildman–Crippen MR) is 69.0 cm³/mol. The summed E-state index contributed by atoms with van der Waals surface area (Å²) < 4.78 is 14.5. The van der Waals surface area contributed by atoms with Gasteiger partial charge in [0.05, 0.1) is 6.20 Å². The lowest BCUT2D eigenvalue weighted by Crippen LogP contribution is -2.38. The van der Waals surface area contributed by atoms with Gasteiger partial charge in [-0.1, -0.05) is 0 Å². The van der Waals surface area contributed by atoms with Crippen LogP contribution in [0.25, 0.3) is 0 Å². The predicted octanol–water partition coefficient (Wildman–Crippen LogP) is 0.331. The van der Waals surface area contributed by atoms with Crippen LogP contribution in [0.1, 0.15) is 38.3 Å². The Bertz CT molecular complexity index is 437. The molecule has 2 N–H and O–H groups in total. The first-order valence-corrected chi connectivity index (χ1v) is 6.52. The molecule has 0 aromatic carbocycles. The van der Waals surface area contributed by atoms with Gasteiger partial charge in [0, 0.05) is 12.0 Å². The van der Waals surface area contributed by atoms with E-state index in [0.717, 1.165) is 32.1 Å². The maximum atomic E-state index is 13.8. The van der Waals surface area contributed by atoms with Crippen LogP contribution in [0.2, 0.25) is 0 Å². The van der Waals surface area contributed by atoms with Gasteiger partial charge < -0.3 is 15.1 Å². The molecule has 1 aromatic rings.